The lowest BCUT2D eigenvalue weighted by molar-refractivity contribution is -0.142. The predicted octanol–water partition coefficient (Wildman–Crippen LogP) is 2.97. The van der Waals surface area contributed by atoms with Crippen LogP contribution in [-0.2, 0) is 16.0 Å². The Bertz CT molecular complexity index is 1120. The summed E-state index contributed by atoms with van der Waals surface area (Å²) in [5, 5.41) is 3.50. The number of benzene rings is 2. The number of halogens is 1. The Kier molecular flexibility index (Phi) is 6.19. The topological polar surface area (TPSA) is 94.8 Å². The third kappa shape index (κ3) is 4.57. The van der Waals surface area contributed by atoms with Crippen LogP contribution in [-0.4, -0.2) is 32.1 Å². The predicted molar refractivity (Wildman–Crippen MR) is 107 cm³/mol. The van der Waals surface area contributed by atoms with Crippen molar-refractivity contribution in [3.63, 3.8) is 0 Å². The first kappa shape index (κ1) is 20.4. The van der Waals surface area contributed by atoms with Crippen molar-refractivity contribution in [2.24, 2.45) is 0 Å². The van der Waals surface area contributed by atoms with Crippen LogP contribution in [0.4, 0.5) is 0 Å². The molecule has 0 saturated carbocycles. The summed E-state index contributed by atoms with van der Waals surface area (Å²) in [4.78, 5) is 36.9. The minimum absolute atomic E-state index is 0.0251. The Labute approximate surface area is 171 Å². The molecule has 1 amide bonds. The zero-order valence-electron chi connectivity index (χ0n) is 15.7. The van der Waals surface area contributed by atoms with Gasteiger partial charge >= 0.3 is 11.6 Å². The Morgan fingerprint density at radius 2 is 1.90 bits per heavy atom. The number of fused-ring (bicyclic) bond motifs is 1. The van der Waals surface area contributed by atoms with Crippen LogP contribution in [0.25, 0.3) is 11.0 Å². The van der Waals surface area contributed by atoms with Crippen molar-refractivity contribution in [1.29, 1.82) is 0 Å². The van der Waals surface area contributed by atoms with Crippen molar-refractivity contribution in [2.75, 3.05) is 14.2 Å². The number of methoxy groups -OCH3 is 2. The molecule has 1 aromatic heterocycles. The SMILES string of the molecule is COC(=O)[C@@H](Cc1cc(=O)oc2cc(OC)ccc12)NC(=O)c1ccccc1Cl. The van der Waals surface area contributed by atoms with Crippen LogP contribution >= 0.6 is 11.6 Å². The lowest BCUT2D eigenvalue weighted by Gasteiger charge is -2.18. The molecule has 0 aliphatic heterocycles. The number of hydrogen-bond donors (Lipinski definition) is 1. The highest BCUT2D eigenvalue weighted by atomic mass is 35.5. The third-order valence-electron chi connectivity index (χ3n) is 4.37. The van der Waals surface area contributed by atoms with E-state index in [1.807, 2.05) is 0 Å². The quantitative estimate of drug-likeness (QED) is 0.491. The average molecular weight is 416 g/mol. The maximum absolute atomic E-state index is 12.6. The number of carbonyl (C=O) groups excluding carboxylic acids is 2. The minimum atomic E-state index is -1.03. The molecular formula is C21H18ClNO6. The molecule has 0 radical (unpaired) electrons. The molecule has 3 rings (SSSR count). The summed E-state index contributed by atoms with van der Waals surface area (Å²) in [6.07, 6.45) is 0.0251. The number of carbonyl (C=O) groups is 2. The van der Waals surface area contributed by atoms with Crippen molar-refractivity contribution in [3.8, 4) is 5.75 Å². The highest BCUT2D eigenvalue weighted by Gasteiger charge is 2.25. The molecule has 1 atom stereocenters. The highest BCUT2D eigenvalue weighted by Crippen LogP contribution is 2.24. The van der Waals surface area contributed by atoms with Gasteiger partial charge in [-0.15, -0.1) is 0 Å². The van der Waals surface area contributed by atoms with E-state index in [1.165, 1.54) is 20.3 Å². The van der Waals surface area contributed by atoms with Gasteiger partial charge in [0.15, 0.2) is 0 Å². The lowest BCUT2D eigenvalue weighted by atomic mass is 10.0. The van der Waals surface area contributed by atoms with Crippen LogP contribution in [0.1, 0.15) is 15.9 Å². The van der Waals surface area contributed by atoms with Gasteiger partial charge in [0.05, 0.1) is 24.8 Å². The van der Waals surface area contributed by atoms with Gasteiger partial charge in [0, 0.05) is 23.9 Å². The van der Waals surface area contributed by atoms with E-state index >= 15 is 0 Å². The third-order valence-corrected chi connectivity index (χ3v) is 4.70. The largest absolute Gasteiger partial charge is 0.497 e. The van der Waals surface area contributed by atoms with E-state index in [0.717, 1.165) is 0 Å². The second-order valence-corrected chi connectivity index (χ2v) is 6.59. The molecule has 1 heterocycles. The number of rotatable bonds is 6. The summed E-state index contributed by atoms with van der Waals surface area (Å²) in [5.74, 6) is -0.658. The summed E-state index contributed by atoms with van der Waals surface area (Å²) in [6.45, 7) is 0. The van der Waals surface area contributed by atoms with E-state index in [-0.39, 0.29) is 17.0 Å². The molecule has 0 aliphatic carbocycles. The average Bonchev–Trinajstić information content (AvgIpc) is 2.72. The number of esters is 1. The molecule has 8 heteroatoms. The summed E-state index contributed by atoms with van der Waals surface area (Å²) in [7, 11) is 2.72. The lowest BCUT2D eigenvalue weighted by Crippen LogP contribution is -2.43. The second kappa shape index (κ2) is 8.79. The Hall–Kier alpha value is -3.32. The van der Waals surface area contributed by atoms with E-state index < -0.39 is 23.5 Å². The fraction of sp³-hybridized carbons (Fsp3) is 0.190. The first-order chi connectivity index (χ1) is 13.9. The van der Waals surface area contributed by atoms with Gasteiger partial charge in [-0.2, -0.15) is 0 Å². The van der Waals surface area contributed by atoms with Gasteiger partial charge in [0.25, 0.3) is 5.91 Å². The van der Waals surface area contributed by atoms with Crippen molar-refractivity contribution >= 4 is 34.4 Å². The summed E-state index contributed by atoms with van der Waals surface area (Å²) < 4.78 is 15.2. The van der Waals surface area contributed by atoms with Gasteiger partial charge in [-0.3, -0.25) is 4.79 Å². The van der Waals surface area contributed by atoms with E-state index in [9.17, 15) is 14.4 Å². The Morgan fingerprint density at radius 1 is 1.14 bits per heavy atom. The maximum Gasteiger partial charge on any atom is 0.336 e. The molecule has 7 nitrogen and oxygen atoms in total. The fourth-order valence-electron chi connectivity index (χ4n) is 2.94. The van der Waals surface area contributed by atoms with Gasteiger partial charge in [0.1, 0.15) is 17.4 Å². The fourth-order valence-corrected chi connectivity index (χ4v) is 3.16. The Balaban J connectivity index is 1.95. The van der Waals surface area contributed by atoms with E-state index in [4.69, 9.17) is 25.5 Å². The molecular weight excluding hydrogens is 398 g/mol. The van der Waals surface area contributed by atoms with E-state index in [0.29, 0.717) is 22.3 Å². The van der Waals surface area contributed by atoms with Gasteiger partial charge in [0.2, 0.25) is 0 Å². The molecule has 2 aromatic carbocycles. The molecule has 0 saturated heterocycles. The molecule has 150 valence electrons. The van der Waals surface area contributed by atoms with Gasteiger partial charge in [-0.05, 0) is 29.8 Å². The van der Waals surface area contributed by atoms with Crippen molar-refractivity contribution in [1.82, 2.24) is 5.32 Å². The van der Waals surface area contributed by atoms with E-state index in [1.54, 1.807) is 42.5 Å². The van der Waals surface area contributed by atoms with Crippen molar-refractivity contribution in [3.05, 3.63) is 75.1 Å². The monoisotopic (exact) mass is 415 g/mol. The minimum Gasteiger partial charge on any atom is -0.497 e. The van der Waals surface area contributed by atoms with Crippen LogP contribution < -0.4 is 15.7 Å². The van der Waals surface area contributed by atoms with Gasteiger partial charge in [-0.1, -0.05) is 23.7 Å². The summed E-state index contributed by atoms with van der Waals surface area (Å²) in [5.41, 5.74) is 0.480. The van der Waals surface area contributed by atoms with Gasteiger partial charge < -0.3 is 19.2 Å². The standard InChI is InChI=1S/C21H18ClNO6/c1-27-13-7-8-14-12(10-19(24)29-18(14)11-13)9-17(21(26)28-2)23-20(25)15-5-3-4-6-16(15)22/h3-8,10-11,17H,9H2,1-2H3,(H,23,25)/t17-/m1/s1. The molecule has 0 bridgehead atoms. The van der Waals surface area contributed by atoms with Crippen LogP contribution in [0, 0.1) is 0 Å². The molecule has 0 spiro atoms. The van der Waals surface area contributed by atoms with E-state index in [2.05, 4.69) is 5.32 Å². The van der Waals surface area contributed by atoms with Crippen LogP contribution in [0.2, 0.25) is 5.02 Å². The molecule has 29 heavy (non-hydrogen) atoms. The van der Waals surface area contributed by atoms with Crippen LogP contribution in [0.3, 0.4) is 0 Å². The van der Waals surface area contributed by atoms with Gasteiger partial charge in [-0.25, -0.2) is 9.59 Å². The number of ether oxygens (including phenoxy) is 2. The van der Waals surface area contributed by atoms with Crippen LogP contribution in [0.5, 0.6) is 5.75 Å². The molecule has 0 fully saturated rings. The molecule has 0 unspecified atom stereocenters. The smallest absolute Gasteiger partial charge is 0.336 e. The maximum atomic E-state index is 12.6. The molecule has 0 aliphatic rings. The summed E-state index contributed by atoms with van der Waals surface area (Å²) >= 11 is 6.06. The molecule has 3 aromatic rings. The van der Waals surface area contributed by atoms with Crippen molar-refractivity contribution in [2.45, 2.75) is 12.5 Å². The first-order valence-corrected chi connectivity index (χ1v) is 9.04. The van der Waals surface area contributed by atoms with Crippen LogP contribution in [0.15, 0.2) is 57.7 Å². The number of hydrogen-bond acceptors (Lipinski definition) is 6. The number of nitrogens with one attached hydrogen (secondary N) is 1. The second-order valence-electron chi connectivity index (χ2n) is 6.19. The zero-order valence-corrected chi connectivity index (χ0v) is 16.5. The normalized spacial score (nSPS) is 11.7. The molecule has 1 N–H and O–H groups in total. The zero-order chi connectivity index (χ0) is 21.0. The first-order valence-electron chi connectivity index (χ1n) is 8.67. The summed E-state index contributed by atoms with van der Waals surface area (Å²) in [6, 6.07) is 11.7. The Morgan fingerprint density at radius 3 is 2.59 bits per heavy atom. The number of amides is 1. The van der Waals surface area contributed by atoms with Crippen molar-refractivity contribution < 1.29 is 23.5 Å². The highest BCUT2D eigenvalue weighted by molar-refractivity contribution is 6.33.